The second-order valence-electron chi connectivity index (χ2n) is 5.28. The van der Waals surface area contributed by atoms with Crippen LogP contribution in [0.1, 0.15) is 12.0 Å². The van der Waals surface area contributed by atoms with Gasteiger partial charge in [-0.1, -0.05) is 18.2 Å². The number of hydrogen-bond donors (Lipinski definition) is 0. The summed E-state index contributed by atoms with van der Waals surface area (Å²) in [5.41, 5.74) is 5.41. The maximum atomic E-state index is 12.2. The normalized spacial score (nSPS) is 10.8. The number of pyridine rings is 1. The molecule has 0 saturated carbocycles. The Kier molecular flexibility index (Phi) is 4.28. The molecular weight excluding hydrogens is 277 g/mol. The van der Waals surface area contributed by atoms with E-state index >= 15 is 0 Å². The first-order valence-electron chi connectivity index (χ1n) is 7.39. The van der Waals surface area contributed by atoms with Crippen LogP contribution in [0.2, 0.25) is 0 Å². The molecule has 0 aliphatic heterocycles. The summed E-state index contributed by atoms with van der Waals surface area (Å²) < 4.78 is 14.0. The Morgan fingerprint density at radius 3 is 2.82 bits per heavy atom. The molecule has 3 aromatic rings. The Labute approximate surface area is 129 Å². The second-order valence-corrected chi connectivity index (χ2v) is 5.28. The number of benzene rings is 1. The van der Waals surface area contributed by atoms with Gasteiger partial charge in [0.1, 0.15) is 0 Å². The molecule has 0 radical (unpaired) electrons. The highest BCUT2D eigenvalue weighted by atomic mass is 19.1. The average Bonchev–Trinajstić information content (AvgIpc) is 3.02. The molecule has 0 fully saturated rings. The van der Waals surface area contributed by atoms with Crippen molar-refractivity contribution in [1.82, 2.24) is 14.8 Å². The van der Waals surface area contributed by atoms with E-state index < -0.39 is 0 Å². The van der Waals surface area contributed by atoms with Crippen molar-refractivity contribution >= 4 is 0 Å². The zero-order valence-electron chi connectivity index (χ0n) is 12.5. The zero-order chi connectivity index (χ0) is 15.4. The van der Waals surface area contributed by atoms with Crippen molar-refractivity contribution in [1.29, 1.82) is 0 Å². The topological polar surface area (TPSA) is 30.7 Å². The smallest absolute Gasteiger partial charge is 0.0923 e. The van der Waals surface area contributed by atoms with Crippen molar-refractivity contribution in [3.8, 4) is 22.4 Å². The highest BCUT2D eigenvalue weighted by molar-refractivity contribution is 5.72. The average molecular weight is 295 g/mol. The van der Waals surface area contributed by atoms with E-state index in [4.69, 9.17) is 0 Å². The van der Waals surface area contributed by atoms with Crippen LogP contribution in [-0.4, -0.2) is 21.4 Å². The first-order chi connectivity index (χ1) is 10.8. The van der Waals surface area contributed by atoms with Crippen molar-refractivity contribution in [2.75, 3.05) is 6.67 Å². The lowest BCUT2D eigenvalue weighted by Crippen LogP contribution is -1.99. The van der Waals surface area contributed by atoms with E-state index in [0.29, 0.717) is 13.0 Å². The third kappa shape index (κ3) is 3.06. The monoisotopic (exact) mass is 295 g/mol. The van der Waals surface area contributed by atoms with Gasteiger partial charge in [0.2, 0.25) is 0 Å². The number of hydrogen-bond acceptors (Lipinski definition) is 2. The van der Waals surface area contributed by atoms with Crippen molar-refractivity contribution < 1.29 is 4.39 Å². The highest BCUT2D eigenvalue weighted by Gasteiger charge is 2.06. The lowest BCUT2D eigenvalue weighted by molar-refractivity contribution is 0.435. The molecule has 0 N–H and O–H groups in total. The lowest BCUT2D eigenvalue weighted by Gasteiger charge is -2.06. The molecule has 0 atom stereocenters. The molecular formula is C18H18FN3. The van der Waals surface area contributed by atoms with Crippen molar-refractivity contribution in [3.63, 3.8) is 0 Å². The van der Waals surface area contributed by atoms with Crippen LogP contribution in [0.25, 0.3) is 22.4 Å². The quantitative estimate of drug-likeness (QED) is 0.703. The van der Waals surface area contributed by atoms with E-state index in [1.54, 1.807) is 10.9 Å². The Morgan fingerprint density at radius 2 is 2.00 bits per heavy atom. The van der Waals surface area contributed by atoms with Crippen LogP contribution in [0.5, 0.6) is 0 Å². The van der Waals surface area contributed by atoms with Crippen molar-refractivity contribution in [2.45, 2.75) is 19.9 Å². The standard InChI is InChI=1S/C18H18FN3/c1-14-6-9-20-13-17(14)15-4-2-5-16(12-15)18-7-11-22(21-18)10-3-8-19/h2,4-7,9,11-13H,3,8,10H2,1H3. The van der Waals surface area contributed by atoms with Gasteiger partial charge in [-0.05, 0) is 42.7 Å². The molecule has 22 heavy (non-hydrogen) atoms. The van der Waals surface area contributed by atoms with Gasteiger partial charge >= 0.3 is 0 Å². The summed E-state index contributed by atoms with van der Waals surface area (Å²) in [4.78, 5) is 4.21. The first kappa shape index (κ1) is 14.4. The maximum absolute atomic E-state index is 12.2. The molecule has 0 bridgehead atoms. The molecule has 3 nitrogen and oxygen atoms in total. The van der Waals surface area contributed by atoms with Gasteiger partial charge in [-0.3, -0.25) is 14.1 Å². The minimum absolute atomic E-state index is 0.315. The summed E-state index contributed by atoms with van der Waals surface area (Å²) >= 11 is 0. The van der Waals surface area contributed by atoms with E-state index in [1.165, 1.54) is 5.56 Å². The van der Waals surface area contributed by atoms with Gasteiger partial charge in [0.05, 0.1) is 12.4 Å². The fraction of sp³-hybridized carbons (Fsp3) is 0.222. The lowest BCUT2D eigenvalue weighted by atomic mass is 10.00. The minimum atomic E-state index is -0.315. The Morgan fingerprint density at radius 1 is 1.14 bits per heavy atom. The SMILES string of the molecule is Cc1ccncc1-c1cccc(-c2ccn(CCCF)n2)c1. The first-order valence-corrected chi connectivity index (χ1v) is 7.39. The fourth-order valence-electron chi connectivity index (χ4n) is 2.47. The molecule has 0 aliphatic carbocycles. The molecule has 2 heterocycles. The molecule has 0 spiro atoms. The minimum Gasteiger partial charge on any atom is -0.272 e. The summed E-state index contributed by atoms with van der Waals surface area (Å²) in [6, 6.07) is 12.2. The summed E-state index contributed by atoms with van der Waals surface area (Å²) in [5, 5.41) is 4.51. The largest absolute Gasteiger partial charge is 0.272 e. The predicted molar refractivity (Wildman–Crippen MR) is 86.2 cm³/mol. The highest BCUT2D eigenvalue weighted by Crippen LogP contribution is 2.27. The number of aryl methyl sites for hydroxylation is 2. The van der Waals surface area contributed by atoms with E-state index in [-0.39, 0.29) is 6.67 Å². The van der Waals surface area contributed by atoms with Gasteiger partial charge in [-0.25, -0.2) is 0 Å². The van der Waals surface area contributed by atoms with Gasteiger partial charge in [0, 0.05) is 36.3 Å². The van der Waals surface area contributed by atoms with Crippen LogP contribution in [0.3, 0.4) is 0 Å². The van der Waals surface area contributed by atoms with Crippen LogP contribution in [0.4, 0.5) is 4.39 Å². The Bertz CT molecular complexity index is 764. The fourth-order valence-corrected chi connectivity index (χ4v) is 2.47. The molecule has 112 valence electrons. The number of alkyl halides is 1. The van der Waals surface area contributed by atoms with Crippen molar-refractivity contribution in [2.24, 2.45) is 0 Å². The number of aromatic nitrogens is 3. The van der Waals surface area contributed by atoms with Gasteiger partial charge in [0.25, 0.3) is 0 Å². The van der Waals surface area contributed by atoms with Gasteiger partial charge in [0.15, 0.2) is 0 Å². The third-order valence-electron chi connectivity index (χ3n) is 3.67. The summed E-state index contributed by atoms with van der Waals surface area (Å²) in [6.45, 7) is 2.37. The molecule has 0 saturated heterocycles. The number of halogens is 1. The van der Waals surface area contributed by atoms with Gasteiger partial charge in [-0.15, -0.1) is 0 Å². The van der Waals surface area contributed by atoms with Crippen LogP contribution in [0.15, 0.2) is 55.0 Å². The van der Waals surface area contributed by atoms with E-state index in [2.05, 4.69) is 29.1 Å². The van der Waals surface area contributed by atoms with Crippen LogP contribution < -0.4 is 0 Å². The molecule has 0 unspecified atom stereocenters. The van der Waals surface area contributed by atoms with Crippen molar-refractivity contribution in [3.05, 3.63) is 60.6 Å². The summed E-state index contributed by atoms with van der Waals surface area (Å²) in [7, 11) is 0. The zero-order valence-corrected chi connectivity index (χ0v) is 12.5. The van der Waals surface area contributed by atoms with Crippen LogP contribution in [0, 0.1) is 6.92 Å². The molecule has 0 amide bonds. The Balaban J connectivity index is 1.91. The van der Waals surface area contributed by atoms with Crippen LogP contribution in [-0.2, 0) is 6.54 Å². The number of nitrogens with zero attached hydrogens (tertiary/aromatic N) is 3. The summed E-state index contributed by atoms with van der Waals surface area (Å²) in [5.74, 6) is 0. The van der Waals surface area contributed by atoms with Gasteiger partial charge < -0.3 is 0 Å². The second kappa shape index (κ2) is 6.52. The Hall–Kier alpha value is -2.49. The van der Waals surface area contributed by atoms with E-state index in [9.17, 15) is 4.39 Å². The molecule has 1 aromatic carbocycles. The molecule has 3 rings (SSSR count). The molecule has 2 aromatic heterocycles. The van der Waals surface area contributed by atoms with Crippen LogP contribution >= 0.6 is 0 Å². The maximum Gasteiger partial charge on any atom is 0.0923 e. The summed E-state index contributed by atoms with van der Waals surface area (Å²) in [6.07, 6.45) is 6.08. The van der Waals surface area contributed by atoms with E-state index in [1.807, 2.05) is 36.7 Å². The third-order valence-corrected chi connectivity index (χ3v) is 3.67. The number of rotatable bonds is 5. The van der Waals surface area contributed by atoms with Gasteiger partial charge in [-0.2, -0.15) is 5.10 Å². The molecule has 4 heteroatoms. The molecule has 0 aliphatic rings. The van der Waals surface area contributed by atoms with E-state index in [0.717, 1.165) is 22.4 Å². The predicted octanol–water partition coefficient (Wildman–Crippen LogP) is 4.28.